The molecule has 0 saturated heterocycles. The molecule has 0 bridgehead atoms. The normalized spacial score (nSPS) is 14.2. The Hall–Kier alpha value is -0.570. The Labute approximate surface area is 74.9 Å². The smallest absolute Gasteiger partial charge is 0.239 e. The van der Waals surface area contributed by atoms with Gasteiger partial charge in [-0.15, -0.1) is 0 Å². The summed E-state index contributed by atoms with van der Waals surface area (Å²) in [6, 6.07) is -0.401. The molecule has 0 aromatic heterocycles. The highest BCUT2D eigenvalue weighted by Gasteiger charge is 2.28. The maximum Gasteiger partial charge on any atom is 0.239 e. The van der Waals surface area contributed by atoms with Crippen LogP contribution in [0.3, 0.4) is 0 Å². The van der Waals surface area contributed by atoms with E-state index < -0.39 is 6.04 Å². The molecule has 0 spiro atoms. The first kappa shape index (κ1) is 11.4. The van der Waals surface area contributed by atoms with Gasteiger partial charge in [0.15, 0.2) is 0 Å². The van der Waals surface area contributed by atoms with Crippen LogP contribution in [0.5, 0.6) is 0 Å². The zero-order valence-electron chi connectivity index (χ0n) is 8.72. The zero-order chi connectivity index (χ0) is 9.94. The van der Waals surface area contributed by atoms with Crippen LogP contribution in [0.2, 0.25) is 0 Å². The van der Waals surface area contributed by atoms with Crippen LogP contribution in [0, 0.1) is 5.41 Å². The number of hydrogen-bond acceptors (Lipinski definition) is 2. The summed E-state index contributed by atoms with van der Waals surface area (Å²) in [7, 11) is 1.77. The van der Waals surface area contributed by atoms with Crippen molar-refractivity contribution in [3.05, 3.63) is 0 Å². The second-order valence-electron chi connectivity index (χ2n) is 4.20. The Morgan fingerprint density at radius 1 is 1.50 bits per heavy atom. The van der Waals surface area contributed by atoms with Crippen LogP contribution in [0.4, 0.5) is 0 Å². The molecule has 0 aliphatic carbocycles. The summed E-state index contributed by atoms with van der Waals surface area (Å²) in [5.41, 5.74) is 5.63. The molecule has 3 heteroatoms. The SMILES string of the molecule is CCN(C)C(=O)[C@H](N)C(C)(C)C. The standard InChI is InChI=1S/C9H20N2O/c1-6-11(5)8(12)7(10)9(2,3)4/h7H,6,10H2,1-5H3/t7-/m0/s1. The maximum absolute atomic E-state index is 11.5. The topological polar surface area (TPSA) is 46.3 Å². The predicted octanol–water partition coefficient (Wildman–Crippen LogP) is 0.838. The van der Waals surface area contributed by atoms with Gasteiger partial charge in [-0.25, -0.2) is 0 Å². The summed E-state index contributed by atoms with van der Waals surface area (Å²) in [4.78, 5) is 13.2. The van der Waals surface area contributed by atoms with E-state index in [2.05, 4.69) is 0 Å². The predicted molar refractivity (Wildman–Crippen MR) is 50.7 cm³/mol. The number of rotatable bonds is 2. The maximum atomic E-state index is 11.5. The molecule has 0 saturated carbocycles. The minimum absolute atomic E-state index is 0.0185. The van der Waals surface area contributed by atoms with Gasteiger partial charge in [-0.3, -0.25) is 4.79 Å². The van der Waals surface area contributed by atoms with Crippen molar-refractivity contribution in [1.82, 2.24) is 4.90 Å². The van der Waals surface area contributed by atoms with Crippen molar-refractivity contribution in [3.63, 3.8) is 0 Å². The molecule has 0 fully saturated rings. The Morgan fingerprint density at radius 2 is 1.92 bits per heavy atom. The molecule has 3 nitrogen and oxygen atoms in total. The molecular weight excluding hydrogens is 152 g/mol. The van der Waals surface area contributed by atoms with Crippen molar-refractivity contribution in [2.45, 2.75) is 33.7 Å². The second-order valence-corrected chi connectivity index (χ2v) is 4.20. The van der Waals surface area contributed by atoms with Gasteiger partial charge in [0.1, 0.15) is 0 Å². The number of nitrogens with zero attached hydrogens (tertiary/aromatic N) is 1. The largest absolute Gasteiger partial charge is 0.345 e. The van der Waals surface area contributed by atoms with Crippen molar-refractivity contribution in [2.24, 2.45) is 11.1 Å². The minimum Gasteiger partial charge on any atom is -0.345 e. The highest BCUT2D eigenvalue weighted by atomic mass is 16.2. The fraction of sp³-hybridized carbons (Fsp3) is 0.889. The molecule has 1 amide bonds. The molecule has 0 radical (unpaired) electrons. The van der Waals surface area contributed by atoms with Gasteiger partial charge in [-0.05, 0) is 12.3 Å². The molecular formula is C9H20N2O. The molecule has 0 aromatic carbocycles. The molecule has 0 aliphatic rings. The molecule has 12 heavy (non-hydrogen) atoms. The molecule has 0 aromatic rings. The fourth-order valence-electron chi connectivity index (χ4n) is 0.764. The summed E-state index contributed by atoms with van der Waals surface area (Å²) >= 11 is 0. The van der Waals surface area contributed by atoms with Gasteiger partial charge >= 0.3 is 0 Å². The quantitative estimate of drug-likeness (QED) is 0.671. The van der Waals surface area contributed by atoms with Crippen molar-refractivity contribution in [2.75, 3.05) is 13.6 Å². The average molecular weight is 172 g/mol. The van der Waals surface area contributed by atoms with E-state index in [-0.39, 0.29) is 11.3 Å². The lowest BCUT2D eigenvalue weighted by Crippen LogP contribution is -2.49. The highest BCUT2D eigenvalue weighted by molar-refractivity contribution is 5.82. The van der Waals surface area contributed by atoms with E-state index in [4.69, 9.17) is 5.73 Å². The number of likely N-dealkylation sites (N-methyl/N-ethyl adjacent to an activating group) is 1. The van der Waals surface area contributed by atoms with Crippen molar-refractivity contribution in [3.8, 4) is 0 Å². The van der Waals surface area contributed by atoms with Crippen LogP contribution in [0.25, 0.3) is 0 Å². The third-order valence-corrected chi connectivity index (χ3v) is 2.05. The molecule has 1 atom stereocenters. The van der Waals surface area contributed by atoms with Gasteiger partial charge in [0.2, 0.25) is 5.91 Å². The van der Waals surface area contributed by atoms with Gasteiger partial charge in [-0.1, -0.05) is 20.8 Å². The molecule has 0 unspecified atom stereocenters. The average Bonchev–Trinajstić information content (AvgIpc) is 1.98. The Balaban J connectivity index is 4.30. The zero-order valence-corrected chi connectivity index (χ0v) is 8.72. The van der Waals surface area contributed by atoms with Crippen LogP contribution < -0.4 is 5.73 Å². The lowest BCUT2D eigenvalue weighted by molar-refractivity contribution is -0.133. The van der Waals surface area contributed by atoms with E-state index in [1.54, 1.807) is 11.9 Å². The van der Waals surface area contributed by atoms with Crippen LogP contribution in [0.1, 0.15) is 27.7 Å². The van der Waals surface area contributed by atoms with Crippen molar-refractivity contribution >= 4 is 5.91 Å². The summed E-state index contributed by atoms with van der Waals surface area (Å²) < 4.78 is 0. The number of hydrogen-bond donors (Lipinski definition) is 1. The van der Waals surface area contributed by atoms with Crippen LogP contribution >= 0.6 is 0 Å². The lowest BCUT2D eigenvalue weighted by atomic mass is 9.86. The molecule has 0 rings (SSSR count). The number of carbonyl (C=O) groups excluding carboxylic acids is 1. The summed E-state index contributed by atoms with van der Waals surface area (Å²) in [5.74, 6) is 0.0185. The van der Waals surface area contributed by atoms with Crippen molar-refractivity contribution < 1.29 is 4.79 Å². The first-order valence-electron chi connectivity index (χ1n) is 4.31. The van der Waals surface area contributed by atoms with E-state index in [0.717, 1.165) is 0 Å². The number of nitrogens with two attached hydrogens (primary N) is 1. The lowest BCUT2D eigenvalue weighted by Gasteiger charge is -2.29. The molecule has 0 aliphatic heterocycles. The highest BCUT2D eigenvalue weighted by Crippen LogP contribution is 2.18. The first-order chi connectivity index (χ1) is 5.30. The van der Waals surface area contributed by atoms with Gasteiger partial charge in [0.25, 0.3) is 0 Å². The van der Waals surface area contributed by atoms with Gasteiger partial charge in [0.05, 0.1) is 6.04 Å². The van der Waals surface area contributed by atoms with Crippen molar-refractivity contribution in [1.29, 1.82) is 0 Å². The van der Waals surface area contributed by atoms with Crippen LogP contribution in [0.15, 0.2) is 0 Å². The minimum atomic E-state index is -0.401. The third-order valence-electron chi connectivity index (χ3n) is 2.05. The second kappa shape index (κ2) is 3.90. The van der Waals surface area contributed by atoms with Gasteiger partial charge in [0, 0.05) is 13.6 Å². The monoisotopic (exact) mass is 172 g/mol. The third kappa shape index (κ3) is 2.81. The van der Waals surface area contributed by atoms with E-state index in [1.807, 2.05) is 27.7 Å². The Kier molecular flexibility index (Phi) is 3.71. The van der Waals surface area contributed by atoms with Gasteiger partial charge in [-0.2, -0.15) is 0 Å². The van der Waals surface area contributed by atoms with Gasteiger partial charge < -0.3 is 10.6 Å². The van der Waals surface area contributed by atoms with E-state index in [0.29, 0.717) is 6.54 Å². The summed E-state index contributed by atoms with van der Waals surface area (Å²) in [5, 5.41) is 0. The van der Waals surface area contributed by atoms with E-state index in [9.17, 15) is 4.79 Å². The first-order valence-corrected chi connectivity index (χ1v) is 4.31. The van der Waals surface area contributed by atoms with E-state index in [1.165, 1.54) is 0 Å². The molecule has 72 valence electrons. The van der Waals surface area contributed by atoms with Crippen LogP contribution in [-0.2, 0) is 4.79 Å². The number of carbonyl (C=O) groups is 1. The number of amides is 1. The van der Waals surface area contributed by atoms with E-state index >= 15 is 0 Å². The Morgan fingerprint density at radius 3 is 2.17 bits per heavy atom. The summed E-state index contributed by atoms with van der Waals surface area (Å²) in [6.07, 6.45) is 0. The fourth-order valence-corrected chi connectivity index (χ4v) is 0.764. The summed E-state index contributed by atoms with van der Waals surface area (Å²) in [6.45, 7) is 8.56. The van der Waals surface area contributed by atoms with Crippen LogP contribution in [-0.4, -0.2) is 30.4 Å². The molecule has 2 N–H and O–H groups in total. The Bertz CT molecular complexity index is 160. The molecule has 0 heterocycles.